The van der Waals surface area contributed by atoms with Gasteiger partial charge in [0.25, 0.3) is 0 Å². The van der Waals surface area contributed by atoms with Gasteiger partial charge in [-0.15, -0.1) is 0 Å². The van der Waals surface area contributed by atoms with Crippen molar-refractivity contribution >= 4 is 11.9 Å². The Hall–Kier alpha value is -2.18. The lowest BCUT2D eigenvalue weighted by atomic mass is 10.0. The summed E-state index contributed by atoms with van der Waals surface area (Å²) in [5.41, 5.74) is 0. The molecule has 2 atom stereocenters. The predicted octanol–water partition coefficient (Wildman–Crippen LogP) is 17.4. The lowest BCUT2D eigenvalue weighted by Crippen LogP contribution is -2.45. The van der Waals surface area contributed by atoms with Crippen LogP contribution in [0.1, 0.15) is 290 Å². The van der Waals surface area contributed by atoms with Crippen LogP contribution in [0.4, 0.5) is 0 Å². The molecule has 6 heteroatoms. The quantitative estimate of drug-likeness (QED) is 0.0321. The van der Waals surface area contributed by atoms with Gasteiger partial charge in [-0.25, -0.2) is 0 Å². The third-order valence-corrected chi connectivity index (χ3v) is 12.9. The van der Waals surface area contributed by atoms with E-state index >= 15 is 0 Å². The molecule has 0 saturated carbocycles. The van der Waals surface area contributed by atoms with Gasteiger partial charge < -0.3 is 20.3 Å². The maximum absolute atomic E-state index is 12.4. The van der Waals surface area contributed by atoms with E-state index in [0.29, 0.717) is 25.9 Å². The number of amides is 1. The van der Waals surface area contributed by atoms with Gasteiger partial charge in [0.15, 0.2) is 0 Å². The maximum Gasteiger partial charge on any atom is 0.305 e. The van der Waals surface area contributed by atoms with Crippen LogP contribution < -0.4 is 5.32 Å². The Labute approximate surface area is 404 Å². The molecule has 0 spiro atoms. The van der Waals surface area contributed by atoms with Crippen molar-refractivity contribution in [1.82, 2.24) is 5.32 Å². The molecule has 0 fully saturated rings. The van der Waals surface area contributed by atoms with Crippen LogP contribution in [0.5, 0.6) is 0 Å². The standard InChI is InChI=1S/C59H109NO5/c1-3-5-7-9-11-13-15-17-18-19-22-25-29-33-37-41-45-49-53-59(64)65-54-50-46-42-38-34-30-26-23-20-21-24-28-32-36-40-44-48-52-58(63)60-56(55-61)57(62)51-47-43-39-35-31-27-16-14-12-10-8-6-4-2/h13,15,18-20,23,30,34,56-57,61-62H,3-12,14,16-17,21-22,24-29,31-33,35-55H2,1-2H3,(H,60,63)/b15-13-,19-18-,23-20-,34-30-. The van der Waals surface area contributed by atoms with Crippen LogP contribution in [0.15, 0.2) is 48.6 Å². The second-order valence-corrected chi connectivity index (χ2v) is 19.3. The van der Waals surface area contributed by atoms with Gasteiger partial charge in [-0.2, -0.15) is 0 Å². The van der Waals surface area contributed by atoms with Crippen LogP contribution in [-0.2, 0) is 14.3 Å². The summed E-state index contributed by atoms with van der Waals surface area (Å²) in [5, 5.41) is 23.2. The van der Waals surface area contributed by atoms with Crippen molar-refractivity contribution in [2.75, 3.05) is 13.2 Å². The average Bonchev–Trinajstić information content (AvgIpc) is 3.31. The summed E-state index contributed by atoms with van der Waals surface area (Å²) in [6.45, 7) is 4.88. The van der Waals surface area contributed by atoms with Gasteiger partial charge in [0.1, 0.15) is 0 Å². The summed E-state index contributed by atoms with van der Waals surface area (Å²) in [6.07, 6.45) is 68.1. The molecule has 0 heterocycles. The fraction of sp³-hybridized carbons (Fsp3) is 0.831. The highest BCUT2D eigenvalue weighted by Gasteiger charge is 2.20. The topological polar surface area (TPSA) is 95.9 Å². The third-order valence-electron chi connectivity index (χ3n) is 12.9. The van der Waals surface area contributed by atoms with Crippen LogP contribution in [0.2, 0.25) is 0 Å². The van der Waals surface area contributed by atoms with E-state index in [2.05, 4.69) is 67.8 Å². The van der Waals surface area contributed by atoms with Crippen molar-refractivity contribution < 1.29 is 24.5 Å². The fourth-order valence-electron chi connectivity index (χ4n) is 8.46. The third kappa shape index (κ3) is 51.1. The van der Waals surface area contributed by atoms with Crippen LogP contribution in [0, 0.1) is 0 Å². The molecule has 0 aliphatic carbocycles. The van der Waals surface area contributed by atoms with E-state index in [1.165, 1.54) is 167 Å². The van der Waals surface area contributed by atoms with Gasteiger partial charge in [0.2, 0.25) is 5.91 Å². The SMILES string of the molecule is CCCCCC/C=C\C/C=C\CCCCCCCCCC(=O)OCCCCC/C=C\C/C=C\CCCCCCCCCC(=O)NC(CO)C(O)CCCCCCCCCCCCCCC. The molecule has 0 saturated heterocycles. The molecule has 2 unspecified atom stereocenters. The summed E-state index contributed by atoms with van der Waals surface area (Å²) in [6, 6.07) is -0.554. The van der Waals surface area contributed by atoms with Gasteiger partial charge in [-0.1, -0.05) is 229 Å². The number of carbonyl (C=O) groups is 2. The second kappa shape index (κ2) is 54.4. The predicted molar refractivity (Wildman–Crippen MR) is 282 cm³/mol. The summed E-state index contributed by atoms with van der Waals surface area (Å²) in [4.78, 5) is 24.5. The molecule has 0 bridgehead atoms. The Balaban J connectivity index is 3.50. The average molecular weight is 913 g/mol. The summed E-state index contributed by atoms with van der Waals surface area (Å²) in [5.74, 6) is -0.0755. The van der Waals surface area contributed by atoms with Gasteiger partial charge >= 0.3 is 5.97 Å². The number of nitrogens with one attached hydrogen (secondary N) is 1. The number of esters is 1. The molecule has 0 aliphatic heterocycles. The summed E-state index contributed by atoms with van der Waals surface area (Å²) < 4.78 is 5.46. The number of hydrogen-bond donors (Lipinski definition) is 3. The largest absolute Gasteiger partial charge is 0.466 e. The van der Waals surface area contributed by atoms with E-state index in [4.69, 9.17) is 4.74 Å². The molecule has 6 nitrogen and oxygen atoms in total. The first-order valence-corrected chi connectivity index (χ1v) is 28.4. The first-order valence-electron chi connectivity index (χ1n) is 28.4. The summed E-state index contributed by atoms with van der Waals surface area (Å²) >= 11 is 0. The number of unbranched alkanes of at least 4 members (excludes halogenated alkanes) is 33. The molecule has 0 aromatic rings. The van der Waals surface area contributed by atoms with Crippen LogP contribution >= 0.6 is 0 Å². The Morgan fingerprint density at radius 1 is 0.431 bits per heavy atom. The molecule has 65 heavy (non-hydrogen) atoms. The maximum atomic E-state index is 12.4. The number of allylic oxidation sites excluding steroid dienone is 8. The first kappa shape index (κ1) is 62.8. The van der Waals surface area contributed by atoms with E-state index in [9.17, 15) is 19.8 Å². The Morgan fingerprint density at radius 3 is 1.18 bits per heavy atom. The number of aliphatic hydroxyl groups is 2. The van der Waals surface area contributed by atoms with Crippen molar-refractivity contribution in [2.24, 2.45) is 0 Å². The molecule has 380 valence electrons. The zero-order valence-electron chi connectivity index (χ0n) is 43.2. The monoisotopic (exact) mass is 912 g/mol. The number of hydrogen-bond acceptors (Lipinski definition) is 5. The minimum Gasteiger partial charge on any atom is -0.466 e. The molecule has 3 N–H and O–H groups in total. The molecule has 0 aliphatic rings. The van der Waals surface area contributed by atoms with E-state index in [1.54, 1.807) is 0 Å². The van der Waals surface area contributed by atoms with Gasteiger partial charge in [0.05, 0.1) is 25.4 Å². The Kier molecular flexibility index (Phi) is 52.6. The van der Waals surface area contributed by atoms with Crippen molar-refractivity contribution in [3.05, 3.63) is 48.6 Å². The van der Waals surface area contributed by atoms with Gasteiger partial charge in [-0.3, -0.25) is 9.59 Å². The van der Waals surface area contributed by atoms with E-state index in [1.807, 2.05) is 0 Å². The fourth-order valence-corrected chi connectivity index (χ4v) is 8.46. The van der Waals surface area contributed by atoms with Crippen molar-refractivity contribution in [3.63, 3.8) is 0 Å². The highest BCUT2D eigenvalue weighted by Crippen LogP contribution is 2.16. The summed E-state index contributed by atoms with van der Waals surface area (Å²) in [7, 11) is 0. The molecule has 1 amide bonds. The van der Waals surface area contributed by atoms with Crippen LogP contribution in [0.25, 0.3) is 0 Å². The van der Waals surface area contributed by atoms with Gasteiger partial charge in [-0.05, 0) is 96.3 Å². The molecular weight excluding hydrogens is 803 g/mol. The first-order chi connectivity index (χ1) is 32.0. The van der Waals surface area contributed by atoms with Crippen molar-refractivity contribution in [3.8, 4) is 0 Å². The smallest absolute Gasteiger partial charge is 0.305 e. The minimum atomic E-state index is -0.675. The van der Waals surface area contributed by atoms with Crippen molar-refractivity contribution in [2.45, 2.75) is 302 Å². The normalized spacial score (nSPS) is 13.0. The number of carbonyl (C=O) groups excluding carboxylic acids is 2. The number of aliphatic hydroxyl groups excluding tert-OH is 2. The molecule has 0 aromatic heterocycles. The highest BCUT2D eigenvalue weighted by atomic mass is 16.5. The molecule has 0 radical (unpaired) electrons. The van der Waals surface area contributed by atoms with E-state index in [-0.39, 0.29) is 18.5 Å². The number of ether oxygens (including phenoxy) is 1. The Bertz CT molecular complexity index is 1100. The molecular formula is C59H109NO5. The lowest BCUT2D eigenvalue weighted by molar-refractivity contribution is -0.143. The number of rotatable bonds is 52. The zero-order valence-corrected chi connectivity index (χ0v) is 43.2. The van der Waals surface area contributed by atoms with Crippen LogP contribution in [-0.4, -0.2) is 47.4 Å². The van der Waals surface area contributed by atoms with E-state index < -0.39 is 12.1 Å². The highest BCUT2D eigenvalue weighted by molar-refractivity contribution is 5.76. The molecule has 0 rings (SSSR count). The minimum absolute atomic E-state index is 0.0233. The second-order valence-electron chi connectivity index (χ2n) is 19.3. The van der Waals surface area contributed by atoms with Crippen molar-refractivity contribution in [1.29, 1.82) is 0 Å². The Morgan fingerprint density at radius 2 is 0.769 bits per heavy atom. The van der Waals surface area contributed by atoms with E-state index in [0.717, 1.165) is 89.9 Å². The zero-order chi connectivity index (χ0) is 47.2. The molecule has 0 aromatic carbocycles. The lowest BCUT2D eigenvalue weighted by Gasteiger charge is -2.22. The van der Waals surface area contributed by atoms with Crippen LogP contribution in [0.3, 0.4) is 0 Å². The van der Waals surface area contributed by atoms with Gasteiger partial charge in [0, 0.05) is 12.8 Å².